The minimum Gasteiger partial charge on any atom is -0.481 e. The van der Waals surface area contributed by atoms with Crippen LogP contribution in [0.3, 0.4) is 0 Å². The number of carboxylic acids is 3. The summed E-state index contributed by atoms with van der Waals surface area (Å²) in [5.41, 5.74) is -3.30. The maximum absolute atomic E-state index is 13.4. The fourth-order valence-electron chi connectivity index (χ4n) is 5.20. The highest BCUT2D eigenvalue weighted by atomic mass is 19.4. The van der Waals surface area contributed by atoms with Crippen LogP contribution in [0.25, 0.3) is 5.78 Å². The van der Waals surface area contributed by atoms with Gasteiger partial charge < -0.3 is 25.3 Å². The van der Waals surface area contributed by atoms with Gasteiger partial charge in [-0.25, -0.2) is 9.78 Å². The van der Waals surface area contributed by atoms with Crippen molar-refractivity contribution in [3.63, 3.8) is 0 Å². The molecule has 1 unspecified atom stereocenters. The second-order valence-corrected chi connectivity index (χ2v) is 10.6. The van der Waals surface area contributed by atoms with E-state index in [9.17, 15) is 37.1 Å². The Morgan fingerprint density at radius 1 is 0.977 bits per heavy atom. The highest BCUT2D eigenvalue weighted by Gasteiger charge is 2.41. The van der Waals surface area contributed by atoms with Crippen molar-refractivity contribution in [3.8, 4) is 0 Å². The number of alkyl halides is 3. The van der Waals surface area contributed by atoms with Gasteiger partial charge in [-0.1, -0.05) is 6.42 Å². The van der Waals surface area contributed by atoms with Crippen molar-refractivity contribution in [1.29, 1.82) is 0 Å². The van der Waals surface area contributed by atoms with E-state index in [0.29, 0.717) is 55.4 Å². The lowest BCUT2D eigenvalue weighted by atomic mass is 9.84. The van der Waals surface area contributed by atoms with Crippen molar-refractivity contribution in [2.75, 3.05) is 13.1 Å². The predicted molar refractivity (Wildman–Crippen MR) is 138 cm³/mol. The molecule has 0 bridgehead atoms. The largest absolute Gasteiger partial charge is 0.481 e. The van der Waals surface area contributed by atoms with Gasteiger partial charge in [0.1, 0.15) is 12.1 Å². The molecule has 0 spiro atoms. The number of carbonyl (C=O) groups excluding carboxylic acids is 2. The number of Topliss-reactive ketones (excluding diaryl/α,β-unsaturated/α-hetero) is 1. The first kappa shape index (κ1) is 33.4. The van der Waals surface area contributed by atoms with Crippen molar-refractivity contribution < 1.29 is 57.6 Å². The van der Waals surface area contributed by atoms with Crippen LogP contribution in [-0.2, 0) is 30.1 Å². The maximum Gasteiger partial charge on any atom is 0.433 e. The van der Waals surface area contributed by atoms with Crippen LogP contribution in [0.4, 0.5) is 13.2 Å². The van der Waals surface area contributed by atoms with E-state index in [4.69, 9.17) is 20.4 Å². The lowest BCUT2D eigenvalue weighted by Gasteiger charge is -2.32. The summed E-state index contributed by atoms with van der Waals surface area (Å²) < 4.78 is 40.9. The summed E-state index contributed by atoms with van der Waals surface area (Å²) in [6.45, 7) is 0.950. The van der Waals surface area contributed by atoms with E-state index in [1.54, 1.807) is 4.90 Å². The normalized spacial score (nSPS) is 18.2. The zero-order valence-electron chi connectivity index (χ0n) is 23.0. The van der Waals surface area contributed by atoms with Crippen molar-refractivity contribution in [1.82, 2.24) is 24.5 Å². The zero-order chi connectivity index (χ0) is 31.9. The molecule has 43 heavy (non-hydrogen) atoms. The second-order valence-electron chi connectivity index (χ2n) is 10.6. The number of aliphatic hydroxyl groups is 1. The third kappa shape index (κ3) is 8.92. The topological polar surface area (TPSA) is 213 Å². The van der Waals surface area contributed by atoms with Gasteiger partial charge in [-0.15, -0.1) is 0 Å². The summed E-state index contributed by atoms with van der Waals surface area (Å²) in [4.78, 5) is 64.8. The molecule has 3 heterocycles. The summed E-state index contributed by atoms with van der Waals surface area (Å²) in [7, 11) is 0. The Morgan fingerprint density at radius 2 is 1.60 bits per heavy atom. The summed E-state index contributed by atoms with van der Waals surface area (Å²) in [6, 6.07) is 1.04. The van der Waals surface area contributed by atoms with Crippen LogP contribution in [-0.4, -0.2) is 93.2 Å². The number of carbonyl (C=O) groups is 5. The fraction of sp³-hybridized carbons (Fsp3) is 0.615. The minimum atomic E-state index is -4.56. The Labute approximate surface area is 242 Å². The van der Waals surface area contributed by atoms with E-state index in [1.165, 1.54) is 0 Å². The number of aromatic nitrogens is 4. The number of piperidine rings is 1. The molecule has 2 fully saturated rings. The number of ketones is 1. The Hall–Kier alpha value is -4.15. The van der Waals surface area contributed by atoms with Gasteiger partial charge in [0.25, 0.3) is 5.78 Å². The average molecular weight is 616 g/mol. The first-order valence-electron chi connectivity index (χ1n) is 13.6. The van der Waals surface area contributed by atoms with Crippen molar-refractivity contribution in [3.05, 3.63) is 23.8 Å². The fourth-order valence-corrected chi connectivity index (χ4v) is 5.20. The molecule has 236 valence electrons. The monoisotopic (exact) mass is 615 g/mol. The van der Waals surface area contributed by atoms with E-state index in [2.05, 4.69) is 15.1 Å². The van der Waals surface area contributed by atoms with Crippen LogP contribution in [0.5, 0.6) is 0 Å². The predicted octanol–water partition coefficient (Wildman–Crippen LogP) is 2.14. The third-order valence-electron chi connectivity index (χ3n) is 7.50. The molecule has 1 atom stereocenters. The van der Waals surface area contributed by atoms with Gasteiger partial charge in [0.05, 0.1) is 12.8 Å². The Morgan fingerprint density at radius 3 is 2.14 bits per heavy atom. The first-order valence-corrected chi connectivity index (χ1v) is 13.6. The number of hydrogen-bond donors (Lipinski definition) is 4. The van der Waals surface area contributed by atoms with Gasteiger partial charge in [-0.3, -0.25) is 19.2 Å². The van der Waals surface area contributed by atoms with Gasteiger partial charge in [-0.05, 0) is 38.2 Å². The Bertz CT molecular complexity index is 1340. The number of fused-ring (bicyclic) bond motifs is 1. The van der Waals surface area contributed by atoms with E-state index >= 15 is 0 Å². The summed E-state index contributed by atoms with van der Waals surface area (Å²) in [6.07, 6.45) is -0.285. The molecule has 2 aromatic heterocycles. The SMILES string of the molecule is O=C(O)CC(O)(CC(=O)O)C(=O)O.O=C1CCCCC1CCC(=O)N1CCC(c2cc(C(F)(F)F)n3ncnc3n2)CC1. The van der Waals surface area contributed by atoms with Gasteiger partial charge in [0.15, 0.2) is 11.3 Å². The molecule has 1 aliphatic heterocycles. The number of nitrogens with zero attached hydrogens (tertiary/aromatic N) is 5. The molecule has 2 aliphatic rings. The Balaban J connectivity index is 0.000000331. The lowest BCUT2D eigenvalue weighted by molar-refractivity contribution is -0.170. The maximum atomic E-state index is 13.4. The standard InChI is InChI=1S/C20H24F3N5O2.C6H8O7/c21-20(22,23)17-11-15(26-19-24-12-25-28(17)19)13-7-9-27(10-8-13)18(30)6-5-14-3-1-2-4-16(14)29;7-3(8)1-6(13,5(11)12)2-4(9)10/h11-14H,1-10H2;13H,1-2H2,(H,7,8)(H,9,10)(H,11,12). The smallest absolute Gasteiger partial charge is 0.433 e. The number of rotatable bonds is 9. The lowest BCUT2D eigenvalue weighted by Crippen LogP contribution is -2.42. The third-order valence-corrected chi connectivity index (χ3v) is 7.50. The van der Waals surface area contributed by atoms with E-state index in [0.717, 1.165) is 31.7 Å². The molecule has 14 nitrogen and oxygen atoms in total. The van der Waals surface area contributed by atoms with Crippen LogP contribution < -0.4 is 0 Å². The highest BCUT2D eigenvalue weighted by molar-refractivity contribution is 5.88. The molecule has 4 rings (SSSR count). The summed E-state index contributed by atoms with van der Waals surface area (Å²) in [5, 5.41) is 37.4. The first-order chi connectivity index (χ1) is 20.1. The summed E-state index contributed by atoms with van der Waals surface area (Å²) in [5.74, 6) is -4.98. The Kier molecular flexibility index (Phi) is 10.8. The van der Waals surface area contributed by atoms with E-state index in [-0.39, 0.29) is 29.3 Å². The van der Waals surface area contributed by atoms with Crippen LogP contribution in [0.2, 0.25) is 0 Å². The molecule has 0 aromatic carbocycles. The molecule has 17 heteroatoms. The van der Waals surface area contributed by atoms with Crippen LogP contribution in [0, 0.1) is 5.92 Å². The van der Waals surface area contributed by atoms with Gasteiger partial charge >= 0.3 is 24.1 Å². The van der Waals surface area contributed by atoms with Gasteiger partial charge in [-0.2, -0.15) is 27.8 Å². The number of hydrogen-bond acceptors (Lipinski definition) is 9. The number of halogens is 3. The van der Waals surface area contributed by atoms with Crippen LogP contribution in [0.15, 0.2) is 12.4 Å². The second kappa shape index (κ2) is 13.9. The van der Waals surface area contributed by atoms with Crippen molar-refractivity contribution in [2.24, 2.45) is 5.92 Å². The molecule has 0 radical (unpaired) electrons. The van der Waals surface area contributed by atoms with E-state index in [1.807, 2.05) is 0 Å². The molecule has 1 saturated carbocycles. The quantitative estimate of drug-likeness (QED) is 0.319. The van der Waals surface area contributed by atoms with Crippen LogP contribution >= 0.6 is 0 Å². The molecule has 4 N–H and O–H groups in total. The number of carboxylic acid groups (broad SMARTS) is 3. The van der Waals surface area contributed by atoms with Gasteiger partial charge in [0, 0.05) is 43.5 Å². The van der Waals surface area contributed by atoms with Gasteiger partial charge in [0.2, 0.25) is 5.91 Å². The molecule has 2 aromatic rings. The van der Waals surface area contributed by atoms with Crippen LogP contribution in [0.1, 0.15) is 81.5 Å². The van der Waals surface area contributed by atoms with Crippen molar-refractivity contribution in [2.45, 2.75) is 81.9 Å². The zero-order valence-corrected chi connectivity index (χ0v) is 23.0. The molecular formula is C26H32F3N5O9. The highest BCUT2D eigenvalue weighted by Crippen LogP contribution is 2.34. The number of aliphatic carboxylic acids is 3. The molecular weight excluding hydrogens is 583 g/mol. The number of amides is 1. The number of likely N-dealkylation sites (tertiary alicyclic amines) is 1. The van der Waals surface area contributed by atoms with E-state index < -0.39 is 48.2 Å². The molecule has 1 aliphatic carbocycles. The molecule has 1 amide bonds. The molecule has 1 saturated heterocycles. The van der Waals surface area contributed by atoms with Crippen molar-refractivity contribution >= 4 is 35.4 Å². The summed E-state index contributed by atoms with van der Waals surface area (Å²) >= 11 is 0. The minimum absolute atomic E-state index is 0.000103. The average Bonchev–Trinajstić information content (AvgIpc) is 3.39.